The van der Waals surface area contributed by atoms with Gasteiger partial charge in [0.25, 0.3) is 0 Å². The summed E-state index contributed by atoms with van der Waals surface area (Å²) in [6, 6.07) is 48.8. The van der Waals surface area contributed by atoms with Crippen LogP contribution in [-0.2, 0) is 6.54 Å². The lowest BCUT2D eigenvalue weighted by Crippen LogP contribution is -2.18. The van der Waals surface area contributed by atoms with Crippen molar-refractivity contribution in [2.24, 2.45) is 20.4 Å². The molecule has 0 saturated carbocycles. The fourth-order valence-electron chi connectivity index (χ4n) is 7.69. The number of aliphatic imine (C=N–C) groups is 3. The van der Waals surface area contributed by atoms with Gasteiger partial charge in [0.2, 0.25) is 0 Å². The van der Waals surface area contributed by atoms with Crippen molar-refractivity contribution in [2.75, 3.05) is 0 Å². The molecule has 0 spiro atoms. The SMILES string of the molecule is C=N/C(=N\C(=N/Cc1ccccc1)c1ccc2cc(C3=CCC4(C)C=CC=CC4=C3)ccc2c1)c1ccccc1-n1c2ccccc2c2ccccc21. The van der Waals surface area contributed by atoms with Crippen LogP contribution in [0.5, 0.6) is 0 Å². The van der Waals surface area contributed by atoms with E-state index >= 15 is 0 Å². The van der Waals surface area contributed by atoms with Crippen molar-refractivity contribution in [2.45, 2.75) is 19.9 Å². The van der Waals surface area contributed by atoms with Crippen LogP contribution in [0.15, 0.2) is 197 Å². The highest BCUT2D eigenvalue weighted by molar-refractivity contribution is 6.16. The fourth-order valence-corrected chi connectivity index (χ4v) is 7.69. The molecule has 1 atom stereocenters. The van der Waals surface area contributed by atoms with E-state index in [0.29, 0.717) is 18.2 Å². The Hall–Kier alpha value is -6.65. The van der Waals surface area contributed by atoms with Gasteiger partial charge in [0, 0.05) is 27.3 Å². The van der Waals surface area contributed by atoms with E-state index < -0.39 is 0 Å². The number of benzene rings is 6. The Balaban J connectivity index is 1.14. The van der Waals surface area contributed by atoms with Gasteiger partial charge in [-0.2, -0.15) is 0 Å². The topological polar surface area (TPSA) is 42.0 Å². The number of para-hydroxylation sites is 3. The van der Waals surface area contributed by atoms with Gasteiger partial charge < -0.3 is 4.57 Å². The molecule has 0 saturated heterocycles. The summed E-state index contributed by atoms with van der Waals surface area (Å²) in [5, 5.41) is 4.70. The first kappa shape index (κ1) is 32.3. The van der Waals surface area contributed by atoms with Crippen molar-refractivity contribution in [3.05, 3.63) is 204 Å². The number of rotatable bonds is 6. The summed E-state index contributed by atoms with van der Waals surface area (Å²) >= 11 is 0. The Morgan fingerprint density at radius 1 is 0.717 bits per heavy atom. The van der Waals surface area contributed by atoms with Gasteiger partial charge in [0.15, 0.2) is 11.7 Å². The lowest BCUT2D eigenvalue weighted by molar-refractivity contribution is 0.528. The van der Waals surface area contributed by atoms with Gasteiger partial charge in [-0.1, -0.05) is 147 Å². The van der Waals surface area contributed by atoms with Crippen molar-refractivity contribution < 1.29 is 0 Å². The average Bonchev–Trinajstić information content (AvgIpc) is 3.55. The van der Waals surface area contributed by atoms with E-state index in [0.717, 1.165) is 45.2 Å². The summed E-state index contributed by atoms with van der Waals surface area (Å²) in [4.78, 5) is 14.9. The third kappa shape index (κ3) is 5.98. The summed E-state index contributed by atoms with van der Waals surface area (Å²) in [7, 11) is 0. The van der Waals surface area contributed by atoms with Crippen LogP contribution in [0, 0.1) is 5.41 Å². The molecule has 1 heterocycles. The third-order valence-electron chi connectivity index (χ3n) is 10.6. The third-order valence-corrected chi connectivity index (χ3v) is 10.6. The first-order valence-corrected chi connectivity index (χ1v) is 18.1. The average molecular weight is 683 g/mol. The van der Waals surface area contributed by atoms with Crippen LogP contribution in [0.3, 0.4) is 0 Å². The highest BCUT2D eigenvalue weighted by atomic mass is 15.0. The first-order valence-electron chi connectivity index (χ1n) is 18.1. The number of hydrogen-bond donors (Lipinski definition) is 0. The van der Waals surface area contributed by atoms with E-state index in [1.807, 2.05) is 24.3 Å². The van der Waals surface area contributed by atoms with Crippen molar-refractivity contribution >= 4 is 56.5 Å². The lowest BCUT2D eigenvalue weighted by Gasteiger charge is -2.32. The van der Waals surface area contributed by atoms with E-state index in [2.05, 4.69) is 175 Å². The largest absolute Gasteiger partial charge is 0.309 e. The molecule has 0 N–H and O–H groups in total. The molecule has 2 aliphatic carbocycles. The maximum Gasteiger partial charge on any atom is 0.163 e. The maximum atomic E-state index is 5.22. The molecule has 254 valence electrons. The molecule has 7 aromatic rings. The summed E-state index contributed by atoms with van der Waals surface area (Å²) in [5.41, 5.74) is 10.1. The standard InChI is InChI=1S/C49H38N4/c1-49-28-13-12-16-40(49)32-38(27-29-49)36-23-24-37-31-39(26-25-35(37)30-36)47(51-33-34-14-4-3-5-15-34)52-48(50-2)43-19-8-11-22-46(43)53-44-20-9-6-17-41(44)42-18-7-10-21-45(42)53/h3-28,30-32H,2,29,33H2,1H3/b51-47-,52-48-. The summed E-state index contributed by atoms with van der Waals surface area (Å²) in [6.45, 7) is 6.82. The van der Waals surface area contributed by atoms with Gasteiger partial charge in [-0.05, 0) is 82.6 Å². The number of allylic oxidation sites excluding steroid dienone is 8. The molecule has 1 unspecified atom stereocenters. The first-order chi connectivity index (χ1) is 26.1. The molecule has 4 nitrogen and oxygen atoms in total. The predicted molar refractivity (Wildman–Crippen MR) is 225 cm³/mol. The van der Waals surface area contributed by atoms with E-state index in [1.165, 1.54) is 32.9 Å². The lowest BCUT2D eigenvalue weighted by atomic mass is 9.72. The zero-order valence-corrected chi connectivity index (χ0v) is 29.7. The smallest absolute Gasteiger partial charge is 0.163 e. The molecule has 2 aliphatic rings. The predicted octanol–water partition coefficient (Wildman–Crippen LogP) is 11.9. The molecule has 0 bridgehead atoms. The van der Waals surface area contributed by atoms with Crippen molar-refractivity contribution in [3.8, 4) is 5.69 Å². The van der Waals surface area contributed by atoms with Crippen LogP contribution in [0.2, 0.25) is 0 Å². The Labute approximate surface area is 309 Å². The Morgan fingerprint density at radius 3 is 2.21 bits per heavy atom. The van der Waals surface area contributed by atoms with Gasteiger partial charge in [-0.25, -0.2) is 9.98 Å². The minimum absolute atomic E-state index is 0.0725. The van der Waals surface area contributed by atoms with E-state index in [1.54, 1.807) is 0 Å². The number of nitrogens with zero attached hydrogens (tertiary/aromatic N) is 4. The summed E-state index contributed by atoms with van der Waals surface area (Å²) < 4.78 is 2.30. The van der Waals surface area contributed by atoms with Crippen molar-refractivity contribution in [3.63, 3.8) is 0 Å². The molecule has 53 heavy (non-hydrogen) atoms. The zero-order valence-electron chi connectivity index (χ0n) is 29.7. The molecular formula is C49H38N4. The van der Waals surface area contributed by atoms with Gasteiger partial charge in [0.05, 0.1) is 23.3 Å². The van der Waals surface area contributed by atoms with E-state index in [-0.39, 0.29) is 5.41 Å². The molecule has 9 rings (SSSR count). The molecule has 6 aromatic carbocycles. The van der Waals surface area contributed by atoms with E-state index in [4.69, 9.17) is 9.98 Å². The normalized spacial score (nSPS) is 17.2. The molecule has 0 fully saturated rings. The quantitative estimate of drug-likeness (QED) is 0.124. The van der Waals surface area contributed by atoms with Gasteiger partial charge in [-0.15, -0.1) is 0 Å². The molecular weight excluding hydrogens is 645 g/mol. The molecule has 0 amide bonds. The Bertz CT molecular complexity index is 2700. The monoisotopic (exact) mass is 682 g/mol. The van der Waals surface area contributed by atoms with Crippen molar-refractivity contribution in [1.29, 1.82) is 0 Å². The van der Waals surface area contributed by atoms with Crippen LogP contribution < -0.4 is 0 Å². The molecule has 0 radical (unpaired) electrons. The van der Waals surface area contributed by atoms with Crippen LogP contribution in [0.1, 0.15) is 35.6 Å². The van der Waals surface area contributed by atoms with E-state index in [9.17, 15) is 0 Å². The minimum atomic E-state index is 0.0725. The van der Waals surface area contributed by atoms with Crippen molar-refractivity contribution in [1.82, 2.24) is 4.57 Å². The summed E-state index contributed by atoms with van der Waals surface area (Å²) in [5.74, 6) is 1.12. The van der Waals surface area contributed by atoms with Crippen LogP contribution >= 0.6 is 0 Å². The second-order valence-electron chi connectivity index (χ2n) is 14.0. The molecule has 1 aromatic heterocycles. The zero-order chi connectivity index (χ0) is 35.8. The summed E-state index contributed by atoms with van der Waals surface area (Å²) in [6.07, 6.45) is 14.5. The minimum Gasteiger partial charge on any atom is -0.309 e. The highest BCUT2D eigenvalue weighted by Crippen LogP contribution is 2.42. The number of amidine groups is 2. The second kappa shape index (κ2) is 13.5. The second-order valence-corrected chi connectivity index (χ2v) is 14.0. The Kier molecular flexibility index (Phi) is 8.21. The molecule has 0 aliphatic heterocycles. The number of aromatic nitrogens is 1. The van der Waals surface area contributed by atoms with Gasteiger partial charge in [0.1, 0.15) is 0 Å². The fraction of sp³-hybridized carbons (Fsp3) is 0.0816. The molecule has 4 heteroatoms. The highest BCUT2D eigenvalue weighted by Gasteiger charge is 2.28. The maximum absolute atomic E-state index is 5.22. The Morgan fingerprint density at radius 2 is 1.42 bits per heavy atom. The van der Waals surface area contributed by atoms with Gasteiger partial charge in [-0.3, -0.25) is 4.99 Å². The van der Waals surface area contributed by atoms with Crippen LogP contribution in [0.25, 0.3) is 43.8 Å². The number of hydrogen-bond acceptors (Lipinski definition) is 1. The number of fused-ring (bicyclic) bond motifs is 5. The van der Waals surface area contributed by atoms with Gasteiger partial charge >= 0.3 is 0 Å². The van der Waals surface area contributed by atoms with Crippen LogP contribution in [-0.4, -0.2) is 23.0 Å². The van der Waals surface area contributed by atoms with Crippen LogP contribution in [0.4, 0.5) is 0 Å².